The number of hydrogen-bond donors (Lipinski definition) is 0. The summed E-state index contributed by atoms with van der Waals surface area (Å²) in [7, 11) is 0. The van der Waals surface area contributed by atoms with E-state index in [2.05, 4.69) is 10.2 Å². The monoisotopic (exact) mass is 381 g/mol. The average molecular weight is 381 g/mol. The lowest BCUT2D eigenvalue weighted by Crippen LogP contribution is -2.32. The van der Waals surface area contributed by atoms with Gasteiger partial charge in [-0.3, -0.25) is 14.4 Å². The number of anilines is 1. The van der Waals surface area contributed by atoms with Gasteiger partial charge < -0.3 is 0 Å². The van der Waals surface area contributed by atoms with Crippen LogP contribution in [0.5, 0.6) is 0 Å². The van der Waals surface area contributed by atoms with Gasteiger partial charge in [-0.25, -0.2) is 9.29 Å². The fraction of sp³-hybridized carbons (Fsp3) is 0.381. The van der Waals surface area contributed by atoms with Crippen LogP contribution in [-0.4, -0.2) is 23.8 Å². The molecule has 4 rings (SSSR count). The van der Waals surface area contributed by atoms with Crippen LogP contribution in [0.25, 0.3) is 0 Å². The molecule has 0 saturated carbocycles. The van der Waals surface area contributed by atoms with Crippen molar-refractivity contribution in [1.29, 1.82) is 0 Å². The first-order valence-electron chi connectivity index (χ1n) is 9.40. The lowest BCUT2D eigenvalue weighted by atomic mass is 9.84. The number of halogens is 1. The van der Waals surface area contributed by atoms with Gasteiger partial charge in [0.1, 0.15) is 5.82 Å². The van der Waals surface area contributed by atoms with Gasteiger partial charge in [0.05, 0.1) is 11.7 Å². The quantitative estimate of drug-likeness (QED) is 0.747. The minimum atomic E-state index is -0.633. The molecule has 1 atom stereocenters. The number of benzene rings is 1. The van der Waals surface area contributed by atoms with Crippen LogP contribution in [0.15, 0.2) is 50.7 Å². The standard InChI is InChI=1S/C21H20FN3O3/c1-11-12(2)21(28)25(20(11)27)18-10-13(7-8-16(18)22)9-17-14-5-3-4-6-15(14)19(26)24-23-17/h7-8,10,17H,3-6,9H2,1-2H3. The maximum absolute atomic E-state index is 14.5. The van der Waals surface area contributed by atoms with Crippen LogP contribution in [0.2, 0.25) is 0 Å². The summed E-state index contributed by atoms with van der Waals surface area (Å²) in [5, 5.41) is 7.94. The number of azo groups is 1. The highest BCUT2D eigenvalue weighted by atomic mass is 19.1. The Kier molecular flexibility index (Phi) is 4.53. The molecule has 3 aliphatic rings. The largest absolute Gasteiger partial charge is 0.291 e. The first-order chi connectivity index (χ1) is 13.4. The van der Waals surface area contributed by atoms with Crippen LogP contribution in [0.3, 0.4) is 0 Å². The molecule has 6 nitrogen and oxygen atoms in total. The summed E-state index contributed by atoms with van der Waals surface area (Å²) in [6, 6.07) is 4.13. The van der Waals surface area contributed by atoms with Crippen LogP contribution in [0.4, 0.5) is 10.1 Å². The number of rotatable bonds is 3. The predicted molar refractivity (Wildman–Crippen MR) is 100 cm³/mol. The summed E-state index contributed by atoms with van der Waals surface area (Å²) in [5.41, 5.74) is 3.10. The second-order valence-corrected chi connectivity index (χ2v) is 7.43. The Bertz CT molecular complexity index is 982. The molecule has 2 aliphatic heterocycles. The van der Waals surface area contributed by atoms with Gasteiger partial charge in [0.25, 0.3) is 17.7 Å². The molecule has 1 unspecified atom stereocenters. The lowest BCUT2D eigenvalue weighted by molar-refractivity contribution is -0.120. The summed E-state index contributed by atoms with van der Waals surface area (Å²) < 4.78 is 14.5. The molecule has 0 spiro atoms. The molecule has 1 aromatic rings. The van der Waals surface area contributed by atoms with Crippen molar-refractivity contribution in [1.82, 2.24) is 0 Å². The van der Waals surface area contributed by atoms with Crippen molar-refractivity contribution in [2.45, 2.75) is 52.0 Å². The highest BCUT2D eigenvalue weighted by molar-refractivity contribution is 6.32. The normalized spacial score (nSPS) is 22.5. The average Bonchev–Trinajstić information content (AvgIpc) is 2.89. The molecule has 0 bridgehead atoms. The molecule has 144 valence electrons. The van der Waals surface area contributed by atoms with E-state index in [1.807, 2.05) is 0 Å². The lowest BCUT2D eigenvalue weighted by Gasteiger charge is -2.26. The number of carbonyl (C=O) groups excluding carboxylic acids is 3. The fourth-order valence-corrected chi connectivity index (χ4v) is 4.00. The molecular weight excluding hydrogens is 361 g/mol. The minimum absolute atomic E-state index is 0.0506. The van der Waals surface area contributed by atoms with Gasteiger partial charge in [-0.15, -0.1) is 5.11 Å². The van der Waals surface area contributed by atoms with E-state index < -0.39 is 17.6 Å². The second kappa shape index (κ2) is 6.89. The van der Waals surface area contributed by atoms with Gasteiger partial charge in [-0.2, -0.15) is 5.11 Å². The van der Waals surface area contributed by atoms with Gasteiger partial charge in [-0.1, -0.05) is 6.07 Å². The summed E-state index contributed by atoms with van der Waals surface area (Å²) in [5.74, 6) is -1.89. The number of hydrogen-bond acceptors (Lipinski definition) is 4. The molecule has 2 heterocycles. The van der Waals surface area contributed by atoms with E-state index in [9.17, 15) is 18.8 Å². The van der Waals surface area contributed by atoms with Crippen molar-refractivity contribution in [2.75, 3.05) is 4.90 Å². The van der Waals surface area contributed by atoms with E-state index in [4.69, 9.17) is 0 Å². The van der Waals surface area contributed by atoms with E-state index in [0.29, 0.717) is 17.6 Å². The topological polar surface area (TPSA) is 79.2 Å². The van der Waals surface area contributed by atoms with E-state index in [0.717, 1.165) is 47.3 Å². The molecule has 0 N–H and O–H groups in total. The van der Waals surface area contributed by atoms with E-state index in [-0.39, 0.29) is 17.6 Å². The first-order valence-corrected chi connectivity index (χ1v) is 9.40. The predicted octanol–water partition coefficient (Wildman–Crippen LogP) is 3.81. The Morgan fingerprint density at radius 3 is 2.46 bits per heavy atom. The number of imide groups is 1. The molecule has 1 aliphatic carbocycles. The van der Waals surface area contributed by atoms with Crippen LogP contribution in [-0.2, 0) is 20.8 Å². The molecule has 0 radical (unpaired) electrons. The Labute approximate surface area is 161 Å². The summed E-state index contributed by atoms with van der Waals surface area (Å²) in [6.07, 6.45) is 3.94. The zero-order valence-corrected chi connectivity index (χ0v) is 15.8. The van der Waals surface area contributed by atoms with E-state index in [1.165, 1.54) is 12.1 Å². The molecule has 0 saturated heterocycles. The highest BCUT2D eigenvalue weighted by Gasteiger charge is 2.36. The van der Waals surface area contributed by atoms with Crippen LogP contribution >= 0.6 is 0 Å². The third-order valence-corrected chi connectivity index (χ3v) is 5.75. The first kappa shape index (κ1) is 18.4. The van der Waals surface area contributed by atoms with Gasteiger partial charge in [0.15, 0.2) is 0 Å². The van der Waals surface area contributed by atoms with E-state index >= 15 is 0 Å². The molecule has 0 aromatic heterocycles. The van der Waals surface area contributed by atoms with Crippen molar-refractivity contribution >= 4 is 23.4 Å². The van der Waals surface area contributed by atoms with Crippen LogP contribution in [0, 0.1) is 5.82 Å². The zero-order valence-electron chi connectivity index (χ0n) is 15.8. The highest BCUT2D eigenvalue weighted by Crippen LogP contribution is 2.35. The van der Waals surface area contributed by atoms with E-state index in [1.54, 1.807) is 19.9 Å². The van der Waals surface area contributed by atoms with Gasteiger partial charge in [-0.05, 0) is 62.8 Å². The third kappa shape index (κ3) is 2.91. The molecular formula is C21H20FN3O3. The van der Waals surface area contributed by atoms with Crippen molar-refractivity contribution in [3.8, 4) is 0 Å². The summed E-state index contributed by atoms with van der Waals surface area (Å²) in [6.45, 7) is 3.13. The summed E-state index contributed by atoms with van der Waals surface area (Å²) >= 11 is 0. The van der Waals surface area contributed by atoms with Gasteiger partial charge in [0, 0.05) is 23.1 Å². The maximum atomic E-state index is 14.5. The van der Waals surface area contributed by atoms with Crippen molar-refractivity contribution in [3.63, 3.8) is 0 Å². The molecule has 3 amide bonds. The minimum Gasteiger partial charge on any atom is -0.269 e. The number of carbonyl (C=O) groups is 3. The van der Waals surface area contributed by atoms with Crippen molar-refractivity contribution < 1.29 is 18.8 Å². The Morgan fingerprint density at radius 2 is 1.75 bits per heavy atom. The number of amides is 3. The number of nitrogens with zero attached hydrogens (tertiary/aromatic N) is 3. The fourth-order valence-electron chi connectivity index (χ4n) is 4.00. The van der Waals surface area contributed by atoms with Crippen LogP contribution in [0.1, 0.15) is 45.1 Å². The molecule has 1 aromatic carbocycles. The SMILES string of the molecule is CC1=C(C)C(=O)N(c2cc(CC3N=NC(=O)C4=C3CCCC4)ccc2F)C1=O. The van der Waals surface area contributed by atoms with Gasteiger partial charge in [0.2, 0.25) is 0 Å². The van der Waals surface area contributed by atoms with Gasteiger partial charge >= 0.3 is 0 Å². The summed E-state index contributed by atoms with van der Waals surface area (Å²) in [4.78, 5) is 37.7. The second-order valence-electron chi connectivity index (χ2n) is 7.43. The molecule has 0 fully saturated rings. The third-order valence-electron chi connectivity index (χ3n) is 5.75. The van der Waals surface area contributed by atoms with Crippen molar-refractivity contribution in [2.24, 2.45) is 10.2 Å². The van der Waals surface area contributed by atoms with Crippen LogP contribution < -0.4 is 4.90 Å². The Hall–Kier alpha value is -2.96. The molecule has 28 heavy (non-hydrogen) atoms. The Morgan fingerprint density at radius 1 is 1.07 bits per heavy atom. The van der Waals surface area contributed by atoms with Crippen molar-refractivity contribution in [3.05, 3.63) is 51.9 Å². The smallest absolute Gasteiger partial charge is 0.269 e. The zero-order chi connectivity index (χ0) is 20.0. The molecule has 7 heteroatoms. The maximum Gasteiger partial charge on any atom is 0.291 e. The Balaban J connectivity index is 1.65.